The predicted molar refractivity (Wildman–Crippen MR) is 123 cm³/mol. The number of hydrogen-bond acceptors (Lipinski definition) is 5. The zero-order valence-electron chi connectivity index (χ0n) is 19.5. The number of hydrogen-bond donors (Lipinski definition) is 0. The first kappa shape index (κ1) is 22.7. The second-order valence-corrected chi connectivity index (χ2v) is 9.64. The smallest absolute Gasteiger partial charge is 0.355 e. The van der Waals surface area contributed by atoms with Crippen LogP contribution in [0.4, 0.5) is 13.2 Å². The van der Waals surface area contributed by atoms with Crippen LogP contribution in [0.15, 0.2) is 28.9 Å². The van der Waals surface area contributed by atoms with E-state index in [9.17, 15) is 13.2 Å². The first-order chi connectivity index (χ1) is 15.8. The van der Waals surface area contributed by atoms with Crippen molar-refractivity contribution in [3.8, 4) is 0 Å². The highest BCUT2D eigenvalue weighted by Gasteiger charge is 2.43. The number of allylic oxidation sites excluding steroid dienone is 1. The van der Waals surface area contributed by atoms with E-state index in [-0.39, 0.29) is 17.8 Å². The molecule has 6 nitrogen and oxygen atoms in total. The lowest BCUT2D eigenvalue weighted by atomic mass is 9.88. The molecule has 5 heterocycles. The van der Waals surface area contributed by atoms with E-state index in [1.54, 1.807) is 0 Å². The number of nitrogens with zero attached hydrogens (tertiary/aromatic N) is 6. The second-order valence-electron chi connectivity index (χ2n) is 9.64. The van der Waals surface area contributed by atoms with Gasteiger partial charge in [0.1, 0.15) is 11.6 Å². The summed E-state index contributed by atoms with van der Waals surface area (Å²) in [5.74, 6) is 2.26. The molecule has 0 aliphatic carbocycles. The summed E-state index contributed by atoms with van der Waals surface area (Å²) >= 11 is 0. The third kappa shape index (κ3) is 4.37. The standard InChI is InChI=1S/C24H33F3N6/c1-30-12-14-32(15-13-30)22-10-4-9-21-29-18(16-33(21)22)19-7-3-8-20(31(19)2)23-17(24(25,26)27)6-5-11-28-23/h6,10,16,19-20H,3-5,7-9,11-15H2,1-2H3/t19-,20+/m1/s1. The van der Waals surface area contributed by atoms with Crippen LogP contribution in [0.25, 0.3) is 5.82 Å². The number of likely N-dealkylation sites (N-methyl/N-ethyl adjacent to an activating group) is 1. The Bertz CT molecular complexity index is 967. The normalized spacial score (nSPS) is 27.7. The van der Waals surface area contributed by atoms with Crippen molar-refractivity contribution in [2.75, 3.05) is 46.8 Å². The molecule has 0 aromatic carbocycles. The monoisotopic (exact) mass is 462 g/mol. The van der Waals surface area contributed by atoms with Crippen LogP contribution < -0.4 is 0 Å². The van der Waals surface area contributed by atoms with Crippen molar-refractivity contribution in [2.45, 2.75) is 56.8 Å². The molecule has 1 aromatic heterocycles. The molecule has 0 bridgehead atoms. The Morgan fingerprint density at radius 1 is 0.970 bits per heavy atom. The number of aryl methyl sites for hydroxylation is 1. The molecule has 9 heteroatoms. The molecule has 2 fully saturated rings. The molecular formula is C24H33F3N6. The maximum atomic E-state index is 13.7. The van der Waals surface area contributed by atoms with Gasteiger partial charge in [-0.3, -0.25) is 14.5 Å². The van der Waals surface area contributed by atoms with Gasteiger partial charge in [0, 0.05) is 45.3 Å². The maximum Gasteiger partial charge on any atom is 0.417 e. The molecular weight excluding hydrogens is 429 g/mol. The summed E-state index contributed by atoms with van der Waals surface area (Å²) < 4.78 is 43.3. The quantitative estimate of drug-likeness (QED) is 0.686. The van der Waals surface area contributed by atoms with Crippen LogP contribution in [0.5, 0.6) is 0 Å². The highest BCUT2D eigenvalue weighted by Crippen LogP contribution is 2.38. The molecule has 2 atom stereocenters. The van der Waals surface area contributed by atoms with Crippen molar-refractivity contribution in [1.82, 2.24) is 24.3 Å². The predicted octanol–water partition coefficient (Wildman–Crippen LogP) is 3.73. The summed E-state index contributed by atoms with van der Waals surface area (Å²) in [6, 6.07) is -0.335. The summed E-state index contributed by atoms with van der Waals surface area (Å²) in [6.07, 6.45) is 6.07. The van der Waals surface area contributed by atoms with Crippen molar-refractivity contribution in [3.63, 3.8) is 0 Å². The number of aromatic nitrogens is 2. The Balaban J connectivity index is 1.39. The number of rotatable bonds is 3. The fourth-order valence-corrected chi connectivity index (χ4v) is 5.66. The van der Waals surface area contributed by atoms with E-state index in [0.717, 1.165) is 63.4 Å². The molecule has 0 unspecified atom stereocenters. The van der Waals surface area contributed by atoms with E-state index in [1.165, 1.54) is 11.9 Å². The molecule has 4 aliphatic heterocycles. The summed E-state index contributed by atoms with van der Waals surface area (Å²) in [7, 11) is 4.09. The maximum absolute atomic E-state index is 13.7. The lowest BCUT2D eigenvalue weighted by Gasteiger charge is -2.40. The minimum atomic E-state index is -4.36. The first-order valence-corrected chi connectivity index (χ1v) is 12.1. The summed E-state index contributed by atoms with van der Waals surface area (Å²) in [6.45, 7) is 4.50. The van der Waals surface area contributed by atoms with Gasteiger partial charge < -0.3 is 9.80 Å². The topological polar surface area (TPSA) is 39.9 Å². The fourth-order valence-electron chi connectivity index (χ4n) is 5.66. The van der Waals surface area contributed by atoms with E-state index >= 15 is 0 Å². The van der Waals surface area contributed by atoms with Crippen molar-refractivity contribution >= 4 is 11.5 Å². The van der Waals surface area contributed by atoms with E-state index in [2.05, 4.69) is 43.6 Å². The Hall–Kier alpha value is -2.13. The average Bonchev–Trinajstić information content (AvgIpc) is 3.23. The van der Waals surface area contributed by atoms with Gasteiger partial charge in [-0.1, -0.05) is 6.08 Å². The highest BCUT2D eigenvalue weighted by molar-refractivity contribution is 6.05. The SMILES string of the molecule is CN1CCN(C2=CCCc3nc([C@H]4CCC[C@@H](C5=NCCC=C5C(F)(F)F)N4C)cn32)CC1. The molecule has 33 heavy (non-hydrogen) atoms. The number of alkyl halides is 3. The molecule has 2 saturated heterocycles. The number of fused-ring (bicyclic) bond motifs is 1. The Morgan fingerprint density at radius 2 is 1.73 bits per heavy atom. The molecule has 1 aromatic rings. The third-order valence-corrected chi connectivity index (χ3v) is 7.50. The van der Waals surface area contributed by atoms with Crippen LogP contribution in [0.2, 0.25) is 0 Å². The van der Waals surface area contributed by atoms with E-state index in [0.29, 0.717) is 19.4 Å². The van der Waals surface area contributed by atoms with Crippen LogP contribution in [-0.4, -0.2) is 89.0 Å². The summed E-state index contributed by atoms with van der Waals surface area (Å²) in [4.78, 5) is 16.2. The fraction of sp³-hybridized carbons (Fsp3) is 0.667. The molecule has 0 amide bonds. The van der Waals surface area contributed by atoms with Gasteiger partial charge in [-0.15, -0.1) is 0 Å². The minimum absolute atomic E-state index is 0.00491. The van der Waals surface area contributed by atoms with Crippen molar-refractivity contribution in [2.24, 2.45) is 4.99 Å². The number of aliphatic imine (C=N–C) groups is 1. The van der Waals surface area contributed by atoms with Crippen LogP contribution >= 0.6 is 0 Å². The lowest BCUT2D eigenvalue weighted by Crippen LogP contribution is -2.46. The number of piperidine rings is 1. The molecule has 0 spiro atoms. The molecule has 4 aliphatic rings. The van der Waals surface area contributed by atoms with Gasteiger partial charge >= 0.3 is 6.18 Å². The molecule has 0 N–H and O–H groups in total. The van der Waals surface area contributed by atoms with Crippen molar-refractivity contribution in [1.29, 1.82) is 0 Å². The van der Waals surface area contributed by atoms with Gasteiger partial charge in [0.05, 0.1) is 29.1 Å². The number of imidazole rings is 1. The first-order valence-electron chi connectivity index (χ1n) is 12.1. The van der Waals surface area contributed by atoms with Gasteiger partial charge in [0.2, 0.25) is 0 Å². The zero-order chi connectivity index (χ0) is 23.2. The Morgan fingerprint density at radius 3 is 2.48 bits per heavy atom. The van der Waals surface area contributed by atoms with Crippen molar-refractivity contribution < 1.29 is 13.2 Å². The average molecular weight is 463 g/mol. The van der Waals surface area contributed by atoms with E-state index < -0.39 is 11.7 Å². The molecule has 0 radical (unpaired) electrons. The number of halogens is 3. The summed E-state index contributed by atoms with van der Waals surface area (Å²) in [5.41, 5.74) is 0.631. The number of piperazine rings is 1. The second kappa shape index (κ2) is 8.91. The number of dihydropyridines is 1. The van der Waals surface area contributed by atoms with Gasteiger partial charge in [-0.25, -0.2) is 4.98 Å². The van der Waals surface area contributed by atoms with Gasteiger partial charge in [-0.05, 0) is 52.3 Å². The van der Waals surface area contributed by atoms with Crippen LogP contribution in [0.3, 0.4) is 0 Å². The number of likely N-dealkylation sites (tertiary alicyclic amines) is 1. The van der Waals surface area contributed by atoms with Gasteiger partial charge in [0.25, 0.3) is 0 Å². The highest BCUT2D eigenvalue weighted by atomic mass is 19.4. The van der Waals surface area contributed by atoms with Gasteiger partial charge in [-0.2, -0.15) is 13.2 Å². The van der Waals surface area contributed by atoms with Crippen molar-refractivity contribution in [3.05, 3.63) is 35.4 Å². The summed E-state index contributed by atoms with van der Waals surface area (Å²) in [5, 5.41) is 0. The molecule has 180 valence electrons. The van der Waals surface area contributed by atoms with E-state index in [4.69, 9.17) is 4.98 Å². The lowest BCUT2D eigenvalue weighted by molar-refractivity contribution is -0.0871. The van der Waals surface area contributed by atoms with Gasteiger partial charge in [0.15, 0.2) is 0 Å². The third-order valence-electron chi connectivity index (χ3n) is 7.50. The Labute approximate surface area is 193 Å². The zero-order valence-corrected chi connectivity index (χ0v) is 19.5. The van der Waals surface area contributed by atoms with Crippen LogP contribution in [0.1, 0.15) is 49.7 Å². The minimum Gasteiger partial charge on any atom is -0.355 e. The van der Waals surface area contributed by atoms with Crippen LogP contribution in [0, 0.1) is 0 Å². The Kier molecular flexibility index (Phi) is 6.11. The van der Waals surface area contributed by atoms with E-state index in [1.807, 2.05) is 7.05 Å². The van der Waals surface area contributed by atoms with Crippen LogP contribution in [-0.2, 0) is 6.42 Å². The molecule has 5 rings (SSSR count). The molecule has 0 saturated carbocycles. The largest absolute Gasteiger partial charge is 0.417 e.